The summed E-state index contributed by atoms with van der Waals surface area (Å²) in [4.78, 5) is 9.00. The van der Waals surface area contributed by atoms with Crippen LogP contribution in [-0.2, 0) is 26.5 Å². The van der Waals surface area contributed by atoms with E-state index in [2.05, 4.69) is 0 Å². The Labute approximate surface area is 68.4 Å². The summed E-state index contributed by atoms with van der Waals surface area (Å²) in [5, 5.41) is 22.7. The number of aliphatic hydroxyl groups excluding tert-OH is 2. The number of aliphatic carboxylic acids is 1. The molecule has 0 aromatic carbocycles. The standard InChI is InChI=1S/C2H4O2.C2H6O2.Ti/c1-2(3)4;3-1-2-4;/h1H3,(H,3,4);3-4H,1-2H2;. The third-order valence-electron chi connectivity index (χ3n) is 0.1000. The molecule has 5 heteroatoms. The first kappa shape index (κ1) is 16.0. The van der Waals surface area contributed by atoms with Crippen molar-refractivity contribution in [3.63, 3.8) is 0 Å². The van der Waals surface area contributed by atoms with Gasteiger partial charge in [0.05, 0.1) is 13.2 Å². The summed E-state index contributed by atoms with van der Waals surface area (Å²) in [7, 11) is 0. The van der Waals surface area contributed by atoms with E-state index < -0.39 is 5.97 Å². The molecule has 4 nitrogen and oxygen atoms in total. The van der Waals surface area contributed by atoms with Crippen molar-refractivity contribution < 1.29 is 41.8 Å². The minimum Gasteiger partial charge on any atom is -0.481 e. The van der Waals surface area contributed by atoms with E-state index in [-0.39, 0.29) is 34.9 Å². The second kappa shape index (κ2) is 15.7. The molecular weight excluding hydrogens is 160 g/mol. The van der Waals surface area contributed by atoms with Gasteiger partial charge in [0.15, 0.2) is 0 Å². The van der Waals surface area contributed by atoms with Gasteiger partial charge in [0, 0.05) is 28.6 Å². The summed E-state index contributed by atoms with van der Waals surface area (Å²) < 4.78 is 0. The Bertz CT molecular complexity index is 50.5. The molecule has 0 bridgehead atoms. The van der Waals surface area contributed by atoms with Crippen LogP contribution in [0.5, 0.6) is 0 Å². The first-order chi connectivity index (χ1) is 3.65. The zero-order valence-corrected chi connectivity index (χ0v) is 6.73. The van der Waals surface area contributed by atoms with Crippen molar-refractivity contribution in [2.45, 2.75) is 6.92 Å². The van der Waals surface area contributed by atoms with E-state index in [4.69, 9.17) is 20.1 Å². The van der Waals surface area contributed by atoms with Crippen LogP contribution in [0.1, 0.15) is 6.92 Å². The van der Waals surface area contributed by atoms with Crippen LogP contribution >= 0.6 is 0 Å². The molecule has 0 radical (unpaired) electrons. The minimum atomic E-state index is -0.833. The summed E-state index contributed by atoms with van der Waals surface area (Å²) in [5.41, 5.74) is 0. The second-order valence-corrected chi connectivity index (χ2v) is 0.966. The molecule has 0 saturated heterocycles. The van der Waals surface area contributed by atoms with Gasteiger partial charge in [0.1, 0.15) is 0 Å². The number of rotatable bonds is 1. The number of hydrogen-bond acceptors (Lipinski definition) is 3. The first-order valence-electron chi connectivity index (χ1n) is 2.06. The van der Waals surface area contributed by atoms with Gasteiger partial charge in [0.25, 0.3) is 5.97 Å². The van der Waals surface area contributed by atoms with Crippen LogP contribution in [0.25, 0.3) is 0 Å². The van der Waals surface area contributed by atoms with Gasteiger partial charge in [-0.1, -0.05) is 0 Å². The molecule has 54 valence electrons. The van der Waals surface area contributed by atoms with E-state index in [1.54, 1.807) is 0 Å². The molecule has 0 aromatic heterocycles. The van der Waals surface area contributed by atoms with Crippen molar-refractivity contribution in [3.8, 4) is 0 Å². The van der Waals surface area contributed by atoms with Gasteiger partial charge < -0.3 is 15.3 Å². The molecule has 0 aliphatic carbocycles. The average Bonchev–Trinajstić information content (AvgIpc) is 1.65. The number of carboxylic acids is 1. The zero-order valence-electron chi connectivity index (χ0n) is 5.16. The molecule has 0 saturated carbocycles. The molecule has 0 aromatic rings. The molecule has 0 aliphatic rings. The smallest absolute Gasteiger partial charge is 0.300 e. The van der Waals surface area contributed by atoms with Crippen LogP contribution in [0.4, 0.5) is 0 Å². The predicted octanol–water partition coefficient (Wildman–Crippen LogP) is -0.941. The molecule has 9 heavy (non-hydrogen) atoms. The topological polar surface area (TPSA) is 77.8 Å². The summed E-state index contributed by atoms with van der Waals surface area (Å²) in [6, 6.07) is 0. The van der Waals surface area contributed by atoms with E-state index in [0.29, 0.717) is 0 Å². The summed E-state index contributed by atoms with van der Waals surface area (Å²) in [6.45, 7) is 0.833. The molecule has 0 heterocycles. The van der Waals surface area contributed by atoms with E-state index in [1.165, 1.54) is 0 Å². The third kappa shape index (κ3) is 248. The SMILES string of the molecule is CC(=O)O.OCCO.[Ti]. The maximum atomic E-state index is 9.00. The summed E-state index contributed by atoms with van der Waals surface area (Å²) in [5.74, 6) is -0.833. The van der Waals surface area contributed by atoms with Crippen LogP contribution in [0.3, 0.4) is 0 Å². The molecule has 0 spiro atoms. The van der Waals surface area contributed by atoms with Gasteiger partial charge in [-0.3, -0.25) is 4.79 Å². The van der Waals surface area contributed by atoms with E-state index >= 15 is 0 Å². The number of carbonyl (C=O) groups is 1. The Balaban J connectivity index is -0.0000000720. The maximum absolute atomic E-state index is 9.00. The van der Waals surface area contributed by atoms with Crippen molar-refractivity contribution in [2.24, 2.45) is 0 Å². The largest absolute Gasteiger partial charge is 0.481 e. The molecule has 3 N–H and O–H groups in total. The van der Waals surface area contributed by atoms with Crippen molar-refractivity contribution >= 4 is 5.97 Å². The van der Waals surface area contributed by atoms with Gasteiger partial charge in [-0.15, -0.1) is 0 Å². The van der Waals surface area contributed by atoms with E-state index in [0.717, 1.165) is 6.92 Å². The first-order valence-corrected chi connectivity index (χ1v) is 2.06. The zero-order chi connectivity index (χ0) is 6.99. The monoisotopic (exact) mass is 170 g/mol. The van der Waals surface area contributed by atoms with E-state index in [1.807, 2.05) is 0 Å². The van der Waals surface area contributed by atoms with Crippen LogP contribution < -0.4 is 0 Å². The Hall–Kier alpha value is 0.104. The second-order valence-electron chi connectivity index (χ2n) is 0.966. The van der Waals surface area contributed by atoms with Crippen molar-refractivity contribution in [2.75, 3.05) is 13.2 Å². The molecule has 0 rings (SSSR count). The van der Waals surface area contributed by atoms with Crippen LogP contribution in [0, 0.1) is 0 Å². The fraction of sp³-hybridized carbons (Fsp3) is 0.750. The van der Waals surface area contributed by atoms with Gasteiger partial charge in [-0.25, -0.2) is 0 Å². The normalized spacial score (nSPS) is 6.11. The number of aliphatic hydroxyl groups is 2. The quantitative estimate of drug-likeness (QED) is 0.443. The molecule has 0 amide bonds. The average molecular weight is 170 g/mol. The molecule has 0 atom stereocenters. The Morgan fingerprint density at radius 3 is 1.44 bits per heavy atom. The Kier molecular flexibility index (Phi) is 28.0. The van der Waals surface area contributed by atoms with E-state index in [9.17, 15) is 0 Å². The third-order valence-corrected chi connectivity index (χ3v) is 0.1000. The van der Waals surface area contributed by atoms with Crippen molar-refractivity contribution in [1.29, 1.82) is 0 Å². The maximum Gasteiger partial charge on any atom is 0.300 e. The van der Waals surface area contributed by atoms with Gasteiger partial charge in [0.2, 0.25) is 0 Å². The summed E-state index contributed by atoms with van der Waals surface area (Å²) in [6.07, 6.45) is 0. The fourth-order valence-corrected chi connectivity index (χ4v) is 0. The van der Waals surface area contributed by atoms with Crippen molar-refractivity contribution in [3.05, 3.63) is 0 Å². The molecule has 0 fully saturated rings. The molecule has 0 aliphatic heterocycles. The van der Waals surface area contributed by atoms with Gasteiger partial charge in [-0.2, -0.15) is 0 Å². The fourth-order valence-electron chi connectivity index (χ4n) is 0. The van der Waals surface area contributed by atoms with Crippen LogP contribution in [-0.4, -0.2) is 34.5 Å². The molecular formula is C4H10O4Ti. The minimum absolute atomic E-state index is 0. The predicted molar refractivity (Wildman–Crippen MR) is 27.5 cm³/mol. The van der Waals surface area contributed by atoms with Crippen LogP contribution in [0.15, 0.2) is 0 Å². The van der Waals surface area contributed by atoms with Gasteiger partial charge >= 0.3 is 0 Å². The number of carboxylic acid groups (broad SMARTS) is 1. The van der Waals surface area contributed by atoms with Crippen molar-refractivity contribution in [1.82, 2.24) is 0 Å². The Morgan fingerprint density at radius 2 is 1.44 bits per heavy atom. The van der Waals surface area contributed by atoms with Crippen LogP contribution in [0.2, 0.25) is 0 Å². The molecule has 0 unspecified atom stereocenters. The number of hydrogen-bond donors (Lipinski definition) is 3. The van der Waals surface area contributed by atoms with Gasteiger partial charge in [-0.05, 0) is 0 Å². The summed E-state index contributed by atoms with van der Waals surface area (Å²) >= 11 is 0. The Morgan fingerprint density at radius 1 is 1.33 bits per heavy atom.